The number of anilines is 1. The zero-order valence-electron chi connectivity index (χ0n) is 13.6. The van der Waals surface area contributed by atoms with Crippen LogP contribution in [0.5, 0.6) is 5.88 Å². The lowest BCUT2D eigenvalue weighted by atomic mass is 10.3. The van der Waals surface area contributed by atoms with E-state index in [-0.39, 0.29) is 24.1 Å². The molecule has 1 heterocycles. The van der Waals surface area contributed by atoms with Crippen LogP contribution in [0.1, 0.15) is 5.56 Å². The Labute approximate surface area is 162 Å². The number of benzene rings is 1. The van der Waals surface area contributed by atoms with Crippen molar-refractivity contribution in [3.63, 3.8) is 0 Å². The predicted molar refractivity (Wildman–Crippen MR) is 95.3 cm³/mol. The summed E-state index contributed by atoms with van der Waals surface area (Å²) in [5, 5.41) is 2.79. The van der Waals surface area contributed by atoms with E-state index in [9.17, 15) is 18.0 Å². The maximum Gasteiger partial charge on any atom is 0.417 e. The van der Waals surface area contributed by atoms with E-state index in [2.05, 4.69) is 10.3 Å². The summed E-state index contributed by atoms with van der Waals surface area (Å²) in [6.45, 7) is -0.0444. The topological polar surface area (TPSA) is 60.5 Å². The van der Waals surface area contributed by atoms with Gasteiger partial charge in [0.05, 0.1) is 5.56 Å². The number of ether oxygens (including phenoxy) is 2. The van der Waals surface area contributed by atoms with Gasteiger partial charge in [-0.05, 0) is 42.5 Å². The summed E-state index contributed by atoms with van der Waals surface area (Å²) < 4.78 is 47.6. The van der Waals surface area contributed by atoms with Gasteiger partial charge in [-0.2, -0.15) is 13.2 Å². The fraction of sp³-hybridized carbons (Fsp3) is 0.176. The number of aromatic nitrogens is 1. The van der Waals surface area contributed by atoms with Gasteiger partial charge >= 0.3 is 12.3 Å². The molecule has 0 radical (unpaired) electrons. The first-order valence-corrected chi connectivity index (χ1v) is 8.21. The molecule has 0 saturated heterocycles. The molecule has 1 N–H and O–H groups in total. The van der Waals surface area contributed by atoms with Gasteiger partial charge < -0.3 is 9.47 Å². The summed E-state index contributed by atoms with van der Waals surface area (Å²) in [6, 6.07) is 7.21. The minimum Gasteiger partial charge on any atom is -0.472 e. The second-order valence-corrected chi connectivity index (χ2v) is 5.87. The maximum atomic E-state index is 12.5. The Hall–Kier alpha value is -2.45. The Kier molecular flexibility index (Phi) is 7.32. The highest BCUT2D eigenvalue weighted by Gasteiger charge is 2.31. The number of hydrogen-bond donors (Lipinski definition) is 1. The number of alkyl halides is 3. The number of pyridine rings is 1. The van der Waals surface area contributed by atoms with Gasteiger partial charge in [0, 0.05) is 16.9 Å². The normalized spacial score (nSPS) is 11.4. The minimum atomic E-state index is -4.53. The number of carbonyl (C=O) groups is 1. The number of carbonyl (C=O) groups excluding carboxylic acids is 1. The van der Waals surface area contributed by atoms with Crippen molar-refractivity contribution in [1.82, 2.24) is 4.98 Å². The Morgan fingerprint density at radius 2 is 1.81 bits per heavy atom. The zero-order valence-corrected chi connectivity index (χ0v) is 15.1. The van der Waals surface area contributed by atoms with Crippen LogP contribution in [0.25, 0.3) is 0 Å². The van der Waals surface area contributed by atoms with Crippen LogP contribution in [0.3, 0.4) is 0 Å². The minimum absolute atomic E-state index is 0.0136. The van der Waals surface area contributed by atoms with E-state index in [1.165, 1.54) is 12.2 Å². The van der Waals surface area contributed by atoms with Crippen LogP contribution < -0.4 is 10.1 Å². The van der Waals surface area contributed by atoms with Crippen molar-refractivity contribution in [3.05, 3.63) is 64.3 Å². The molecule has 10 heteroatoms. The quantitative estimate of drug-likeness (QED) is 0.618. The number of amides is 1. The highest BCUT2D eigenvalue weighted by atomic mass is 35.5. The van der Waals surface area contributed by atoms with E-state index >= 15 is 0 Å². The molecule has 0 atom stereocenters. The Bertz CT molecular complexity index is 812. The molecule has 5 nitrogen and oxygen atoms in total. The maximum absolute atomic E-state index is 12.5. The van der Waals surface area contributed by atoms with Crippen molar-refractivity contribution >= 4 is 35.0 Å². The molecule has 2 aromatic rings. The molecule has 0 aliphatic rings. The number of nitrogens with one attached hydrogen (secondary N) is 1. The number of hydrogen-bond acceptors (Lipinski definition) is 4. The van der Waals surface area contributed by atoms with E-state index in [1.807, 2.05) is 0 Å². The first-order chi connectivity index (χ1) is 12.8. The molecule has 1 amide bonds. The Balaban J connectivity index is 1.72. The van der Waals surface area contributed by atoms with Crippen molar-refractivity contribution in [1.29, 1.82) is 0 Å². The Morgan fingerprint density at radius 3 is 2.44 bits per heavy atom. The smallest absolute Gasteiger partial charge is 0.417 e. The fourth-order valence-electron chi connectivity index (χ4n) is 1.76. The van der Waals surface area contributed by atoms with E-state index in [0.717, 1.165) is 6.07 Å². The molecular formula is C17H13Cl2F3N2O3. The van der Waals surface area contributed by atoms with E-state index in [4.69, 9.17) is 32.7 Å². The van der Waals surface area contributed by atoms with E-state index < -0.39 is 17.8 Å². The fourth-order valence-corrected chi connectivity index (χ4v) is 2.11. The van der Waals surface area contributed by atoms with Crippen LogP contribution in [0, 0.1) is 0 Å². The average Bonchev–Trinajstić information content (AvgIpc) is 2.60. The lowest BCUT2D eigenvalue weighted by Crippen LogP contribution is -2.13. The molecule has 0 saturated carbocycles. The summed E-state index contributed by atoms with van der Waals surface area (Å²) in [4.78, 5) is 15.1. The van der Waals surface area contributed by atoms with Crippen LogP contribution in [-0.4, -0.2) is 24.3 Å². The highest BCUT2D eigenvalue weighted by molar-refractivity contribution is 6.31. The summed E-state index contributed by atoms with van der Waals surface area (Å²) in [7, 11) is 0. The summed E-state index contributed by atoms with van der Waals surface area (Å²) >= 11 is 11.4. The second kappa shape index (κ2) is 9.48. The molecule has 144 valence electrons. The number of halogens is 5. The monoisotopic (exact) mass is 420 g/mol. The van der Waals surface area contributed by atoms with Crippen molar-refractivity contribution in [2.75, 3.05) is 18.5 Å². The summed E-state index contributed by atoms with van der Waals surface area (Å²) in [5.41, 5.74) is -0.435. The first-order valence-electron chi connectivity index (χ1n) is 7.45. The van der Waals surface area contributed by atoms with Gasteiger partial charge in [-0.3, -0.25) is 5.32 Å². The van der Waals surface area contributed by atoms with Gasteiger partial charge in [0.2, 0.25) is 5.88 Å². The molecule has 0 spiro atoms. The van der Waals surface area contributed by atoms with Gasteiger partial charge in [0.15, 0.2) is 0 Å². The SMILES string of the molecule is O=C(Nc1ccc(Cl)cc1)OCC=CCOc1ncc(C(F)(F)F)cc1Cl. The zero-order chi connectivity index (χ0) is 19.9. The van der Waals surface area contributed by atoms with Gasteiger partial charge in [-0.15, -0.1) is 0 Å². The predicted octanol–water partition coefficient (Wildman–Crippen LogP) is 5.59. The van der Waals surface area contributed by atoms with Crippen molar-refractivity contribution in [3.8, 4) is 5.88 Å². The molecule has 0 bridgehead atoms. The van der Waals surface area contributed by atoms with Crippen LogP contribution in [0.2, 0.25) is 10.0 Å². The molecule has 0 fully saturated rings. The third-order valence-electron chi connectivity index (χ3n) is 3.02. The second-order valence-electron chi connectivity index (χ2n) is 5.02. The van der Waals surface area contributed by atoms with Gasteiger partial charge in [0.1, 0.15) is 18.2 Å². The van der Waals surface area contributed by atoms with Crippen molar-refractivity contribution in [2.45, 2.75) is 6.18 Å². The number of nitrogens with zero attached hydrogens (tertiary/aromatic N) is 1. The molecule has 2 rings (SSSR count). The van der Waals surface area contributed by atoms with Crippen molar-refractivity contribution in [2.24, 2.45) is 0 Å². The molecule has 1 aromatic heterocycles. The van der Waals surface area contributed by atoms with Crippen LogP contribution in [0.4, 0.5) is 23.7 Å². The molecule has 0 aliphatic heterocycles. The lowest BCUT2D eigenvalue weighted by Gasteiger charge is -2.09. The van der Waals surface area contributed by atoms with Crippen LogP contribution >= 0.6 is 23.2 Å². The molecule has 0 unspecified atom stereocenters. The molecule has 1 aromatic carbocycles. The van der Waals surface area contributed by atoms with Gasteiger partial charge in [0.25, 0.3) is 0 Å². The third kappa shape index (κ3) is 6.99. The number of rotatable bonds is 6. The molecule has 27 heavy (non-hydrogen) atoms. The largest absolute Gasteiger partial charge is 0.472 e. The summed E-state index contributed by atoms with van der Waals surface area (Å²) in [6.07, 6.45) is -1.55. The Morgan fingerprint density at radius 1 is 1.15 bits per heavy atom. The van der Waals surface area contributed by atoms with Gasteiger partial charge in [-0.25, -0.2) is 9.78 Å². The standard InChI is InChI=1S/C17H13Cl2F3N2O3/c18-12-3-5-13(6-4-12)24-16(25)27-8-2-1-7-26-15-14(19)9-11(10-23-15)17(20,21)22/h1-6,9-10H,7-8H2,(H,24,25). The van der Waals surface area contributed by atoms with Gasteiger partial charge in [-0.1, -0.05) is 23.2 Å². The third-order valence-corrected chi connectivity index (χ3v) is 3.54. The van der Waals surface area contributed by atoms with Crippen LogP contribution in [0.15, 0.2) is 48.7 Å². The summed E-state index contributed by atoms with van der Waals surface area (Å²) in [5.74, 6) is -0.129. The van der Waals surface area contributed by atoms with Crippen molar-refractivity contribution < 1.29 is 27.4 Å². The molecule has 0 aliphatic carbocycles. The first kappa shape index (κ1) is 20.9. The van der Waals surface area contributed by atoms with Crippen LogP contribution in [-0.2, 0) is 10.9 Å². The molecular weight excluding hydrogens is 408 g/mol. The highest BCUT2D eigenvalue weighted by Crippen LogP contribution is 2.33. The van der Waals surface area contributed by atoms with E-state index in [0.29, 0.717) is 16.9 Å². The lowest BCUT2D eigenvalue weighted by molar-refractivity contribution is -0.137. The average molecular weight is 421 g/mol. The van der Waals surface area contributed by atoms with E-state index in [1.54, 1.807) is 24.3 Å².